The number of nitrogens with zero attached hydrogens (tertiary/aromatic N) is 3. The van der Waals surface area contributed by atoms with Crippen molar-refractivity contribution in [1.29, 1.82) is 0 Å². The fraction of sp³-hybridized carbons (Fsp3) is 0.556. The minimum atomic E-state index is -0.657. The molecule has 0 fully saturated rings. The maximum absolute atomic E-state index is 11.4. The Bertz CT molecular complexity index is 350. The maximum Gasteiger partial charge on any atom is 0.328 e. The first-order valence-corrected chi connectivity index (χ1v) is 4.93. The van der Waals surface area contributed by atoms with Gasteiger partial charge in [-0.25, -0.2) is 9.48 Å². The molecule has 16 heavy (non-hydrogen) atoms. The first-order valence-electron chi connectivity index (χ1n) is 4.93. The van der Waals surface area contributed by atoms with E-state index in [0.717, 1.165) is 0 Å². The van der Waals surface area contributed by atoms with Crippen molar-refractivity contribution in [3.63, 3.8) is 0 Å². The second kappa shape index (κ2) is 5.84. The van der Waals surface area contributed by atoms with Gasteiger partial charge in [0.15, 0.2) is 0 Å². The molecular formula is C9H14N4O3. The number of nitrogens with one attached hydrogen (secondary N) is 1. The van der Waals surface area contributed by atoms with Crippen LogP contribution in [0.4, 0.5) is 0 Å². The predicted octanol–water partition coefficient (Wildman–Crippen LogP) is -0.654. The molecule has 0 radical (unpaired) electrons. The van der Waals surface area contributed by atoms with E-state index in [-0.39, 0.29) is 12.5 Å². The number of aromatic nitrogens is 3. The molecule has 1 heterocycles. The smallest absolute Gasteiger partial charge is 0.328 e. The van der Waals surface area contributed by atoms with Crippen LogP contribution < -0.4 is 5.32 Å². The van der Waals surface area contributed by atoms with Gasteiger partial charge in [-0.05, 0) is 13.8 Å². The van der Waals surface area contributed by atoms with Gasteiger partial charge in [-0.15, -0.1) is 5.10 Å². The summed E-state index contributed by atoms with van der Waals surface area (Å²) in [6.45, 7) is 3.60. The Morgan fingerprint density at radius 1 is 1.56 bits per heavy atom. The van der Waals surface area contributed by atoms with E-state index in [1.54, 1.807) is 20.0 Å². The van der Waals surface area contributed by atoms with Crippen molar-refractivity contribution in [1.82, 2.24) is 20.3 Å². The molecule has 0 bridgehead atoms. The highest BCUT2D eigenvalue weighted by Crippen LogP contribution is 1.89. The van der Waals surface area contributed by atoms with Gasteiger partial charge in [0.2, 0.25) is 5.91 Å². The van der Waals surface area contributed by atoms with E-state index in [1.165, 1.54) is 10.9 Å². The Labute approximate surface area is 92.8 Å². The normalized spacial score (nSPS) is 11.9. The molecule has 0 saturated carbocycles. The SMILES string of the molecule is CCOC(=O)C(C)NC(=O)Cn1ccnn1. The van der Waals surface area contributed by atoms with Crippen LogP contribution >= 0.6 is 0 Å². The lowest BCUT2D eigenvalue weighted by Gasteiger charge is -2.12. The molecule has 1 unspecified atom stereocenters. The summed E-state index contributed by atoms with van der Waals surface area (Å²) in [4.78, 5) is 22.6. The topological polar surface area (TPSA) is 86.1 Å². The average Bonchev–Trinajstić information content (AvgIpc) is 2.70. The first-order chi connectivity index (χ1) is 7.63. The van der Waals surface area contributed by atoms with Gasteiger partial charge in [0, 0.05) is 6.20 Å². The summed E-state index contributed by atoms with van der Waals surface area (Å²) in [6, 6.07) is -0.657. The molecular weight excluding hydrogens is 212 g/mol. The molecule has 0 spiro atoms. The monoisotopic (exact) mass is 226 g/mol. The van der Waals surface area contributed by atoms with E-state index in [0.29, 0.717) is 6.61 Å². The molecule has 0 aliphatic carbocycles. The summed E-state index contributed by atoms with van der Waals surface area (Å²) in [6.07, 6.45) is 3.04. The highest BCUT2D eigenvalue weighted by atomic mass is 16.5. The molecule has 0 aliphatic heterocycles. The number of carbonyl (C=O) groups excluding carboxylic acids is 2. The third-order valence-corrected chi connectivity index (χ3v) is 1.80. The molecule has 1 N–H and O–H groups in total. The van der Waals surface area contributed by atoms with Crippen LogP contribution in [0.25, 0.3) is 0 Å². The lowest BCUT2D eigenvalue weighted by molar-refractivity contribution is -0.146. The van der Waals surface area contributed by atoms with E-state index < -0.39 is 12.0 Å². The third-order valence-electron chi connectivity index (χ3n) is 1.80. The van der Waals surface area contributed by atoms with Crippen molar-refractivity contribution in [3.8, 4) is 0 Å². The number of ether oxygens (including phenoxy) is 1. The highest BCUT2D eigenvalue weighted by molar-refractivity contribution is 5.83. The van der Waals surface area contributed by atoms with Crippen LogP contribution in [0.1, 0.15) is 13.8 Å². The van der Waals surface area contributed by atoms with Crippen LogP contribution in [0.3, 0.4) is 0 Å². The van der Waals surface area contributed by atoms with Crippen LogP contribution in [0, 0.1) is 0 Å². The Morgan fingerprint density at radius 3 is 2.88 bits per heavy atom. The summed E-state index contributed by atoms with van der Waals surface area (Å²) in [5.74, 6) is -0.763. The molecule has 0 aromatic carbocycles. The molecule has 7 nitrogen and oxygen atoms in total. The van der Waals surface area contributed by atoms with Crippen molar-refractivity contribution in [2.75, 3.05) is 6.61 Å². The van der Waals surface area contributed by atoms with Gasteiger partial charge in [-0.3, -0.25) is 4.79 Å². The van der Waals surface area contributed by atoms with Crippen LogP contribution in [0.2, 0.25) is 0 Å². The molecule has 0 aliphatic rings. The van der Waals surface area contributed by atoms with Gasteiger partial charge in [0.05, 0.1) is 12.8 Å². The van der Waals surface area contributed by atoms with Crippen molar-refractivity contribution >= 4 is 11.9 Å². The zero-order valence-corrected chi connectivity index (χ0v) is 9.21. The molecule has 1 amide bonds. The second-order valence-corrected chi connectivity index (χ2v) is 3.14. The van der Waals surface area contributed by atoms with Crippen LogP contribution in [-0.2, 0) is 20.9 Å². The number of rotatable bonds is 5. The number of esters is 1. The van der Waals surface area contributed by atoms with Crippen molar-refractivity contribution in [2.24, 2.45) is 0 Å². The minimum Gasteiger partial charge on any atom is -0.464 e. The lowest BCUT2D eigenvalue weighted by atomic mass is 10.3. The summed E-state index contributed by atoms with van der Waals surface area (Å²) in [5.41, 5.74) is 0. The largest absolute Gasteiger partial charge is 0.464 e. The number of hydrogen-bond acceptors (Lipinski definition) is 5. The second-order valence-electron chi connectivity index (χ2n) is 3.14. The Balaban J connectivity index is 2.36. The van der Waals surface area contributed by atoms with Gasteiger partial charge >= 0.3 is 5.97 Å². The summed E-state index contributed by atoms with van der Waals surface area (Å²) < 4.78 is 6.12. The first kappa shape index (κ1) is 12.2. The van der Waals surface area contributed by atoms with Crippen LogP contribution in [0.5, 0.6) is 0 Å². The Morgan fingerprint density at radius 2 is 2.31 bits per heavy atom. The standard InChI is InChI=1S/C9H14N4O3/c1-3-16-9(15)7(2)11-8(14)6-13-5-4-10-12-13/h4-5,7H,3,6H2,1-2H3,(H,11,14). The third kappa shape index (κ3) is 3.68. The summed E-state index contributed by atoms with van der Waals surface area (Å²) in [7, 11) is 0. The zero-order valence-electron chi connectivity index (χ0n) is 9.21. The predicted molar refractivity (Wildman–Crippen MR) is 54.3 cm³/mol. The average molecular weight is 226 g/mol. The van der Waals surface area contributed by atoms with Crippen molar-refractivity contribution in [3.05, 3.63) is 12.4 Å². The van der Waals surface area contributed by atoms with Gasteiger partial charge in [-0.2, -0.15) is 0 Å². The molecule has 7 heteroatoms. The fourth-order valence-electron chi connectivity index (χ4n) is 1.08. The maximum atomic E-state index is 11.4. The molecule has 1 rings (SSSR count). The van der Waals surface area contributed by atoms with E-state index in [4.69, 9.17) is 4.74 Å². The minimum absolute atomic E-state index is 0.0315. The van der Waals surface area contributed by atoms with Crippen LogP contribution in [0.15, 0.2) is 12.4 Å². The lowest BCUT2D eigenvalue weighted by Crippen LogP contribution is -2.41. The summed E-state index contributed by atoms with van der Waals surface area (Å²) in [5, 5.41) is 9.70. The highest BCUT2D eigenvalue weighted by Gasteiger charge is 2.16. The van der Waals surface area contributed by atoms with Gasteiger partial charge in [-0.1, -0.05) is 5.21 Å². The zero-order chi connectivity index (χ0) is 12.0. The molecule has 0 saturated heterocycles. The number of carbonyl (C=O) groups is 2. The van der Waals surface area contributed by atoms with Gasteiger partial charge < -0.3 is 10.1 Å². The van der Waals surface area contributed by atoms with Gasteiger partial charge in [0.1, 0.15) is 12.6 Å². The van der Waals surface area contributed by atoms with Crippen molar-refractivity contribution < 1.29 is 14.3 Å². The van der Waals surface area contributed by atoms with E-state index in [2.05, 4.69) is 15.6 Å². The summed E-state index contributed by atoms with van der Waals surface area (Å²) >= 11 is 0. The van der Waals surface area contributed by atoms with Crippen LogP contribution in [-0.4, -0.2) is 39.5 Å². The molecule has 1 atom stereocenters. The number of amides is 1. The van der Waals surface area contributed by atoms with E-state index >= 15 is 0 Å². The molecule has 88 valence electrons. The van der Waals surface area contributed by atoms with Crippen molar-refractivity contribution in [2.45, 2.75) is 26.4 Å². The fourth-order valence-corrected chi connectivity index (χ4v) is 1.08. The number of hydrogen-bond donors (Lipinski definition) is 1. The van der Waals surface area contributed by atoms with E-state index in [9.17, 15) is 9.59 Å². The molecule has 1 aromatic rings. The van der Waals surface area contributed by atoms with Gasteiger partial charge in [0.25, 0.3) is 0 Å². The van der Waals surface area contributed by atoms with E-state index in [1.807, 2.05) is 0 Å². The Hall–Kier alpha value is -1.92. The Kier molecular flexibility index (Phi) is 4.43. The molecule has 1 aromatic heterocycles. The quantitative estimate of drug-likeness (QED) is 0.674.